The van der Waals surface area contributed by atoms with Crippen molar-refractivity contribution >= 4 is 23.5 Å². The summed E-state index contributed by atoms with van der Waals surface area (Å²) in [6, 6.07) is 21.0. The van der Waals surface area contributed by atoms with E-state index in [1.165, 1.54) is 9.79 Å². The summed E-state index contributed by atoms with van der Waals surface area (Å²) in [6.07, 6.45) is 2.06. The van der Waals surface area contributed by atoms with Crippen molar-refractivity contribution in [2.24, 2.45) is 0 Å². The molecule has 0 saturated carbocycles. The number of rotatable bonds is 6. The van der Waals surface area contributed by atoms with Crippen molar-refractivity contribution in [1.82, 2.24) is 0 Å². The summed E-state index contributed by atoms with van der Waals surface area (Å²) >= 11 is 3.75. The van der Waals surface area contributed by atoms with Crippen LogP contribution < -0.4 is 0 Å². The lowest BCUT2D eigenvalue weighted by Gasteiger charge is -2.24. The standard InChI is InChI=1S/C17H18S2/c1-3-17(2,19-16-12-8-5-9-13-16)14-18-15-10-6-4-7-11-15/h3-13H,1,14H2,2H3. The SMILES string of the molecule is C=CC(C)(CSc1ccccc1)Sc1ccccc1. The molecule has 0 aliphatic carbocycles. The Bertz CT molecular complexity index is 507. The van der Waals surface area contributed by atoms with Crippen LogP contribution in [-0.2, 0) is 0 Å². The van der Waals surface area contributed by atoms with Gasteiger partial charge in [0.2, 0.25) is 0 Å². The summed E-state index contributed by atoms with van der Waals surface area (Å²) in [6.45, 7) is 6.25. The van der Waals surface area contributed by atoms with Gasteiger partial charge in [-0.15, -0.1) is 30.1 Å². The predicted octanol–water partition coefficient (Wildman–Crippen LogP) is 5.52. The van der Waals surface area contributed by atoms with Crippen LogP contribution in [0, 0.1) is 0 Å². The minimum absolute atomic E-state index is 0.0435. The normalized spacial score (nSPS) is 13.7. The van der Waals surface area contributed by atoms with Gasteiger partial charge in [0.15, 0.2) is 0 Å². The number of benzene rings is 2. The van der Waals surface area contributed by atoms with Gasteiger partial charge >= 0.3 is 0 Å². The average molecular weight is 286 g/mol. The van der Waals surface area contributed by atoms with E-state index in [2.05, 4.69) is 74.2 Å². The highest BCUT2D eigenvalue weighted by Gasteiger charge is 2.22. The molecule has 0 aliphatic rings. The van der Waals surface area contributed by atoms with Crippen LogP contribution in [0.5, 0.6) is 0 Å². The lowest BCUT2D eigenvalue weighted by atomic mass is 10.2. The van der Waals surface area contributed by atoms with Crippen LogP contribution in [0.4, 0.5) is 0 Å². The van der Waals surface area contributed by atoms with Gasteiger partial charge in [-0.05, 0) is 31.2 Å². The molecule has 0 heterocycles. The fourth-order valence-electron chi connectivity index (χ4n) is 1.63. The molecule has 98 valence electrons. The zero-order valence-corrected chi connectivity index (χ0v) is 12.7. The average Bonchev–Trinajstić information content (AvgIpc) is 2.47. The Kier molecular flexibility index (Phi) is 5.17. The Labute approximate surface area is 124 Å². The van der Waals surface area contributed by atoms with Crippen LogP contribution >= 0.6 is 23.5 Å². The fraction of sp³-hybridized carbons (Fsp3) is 0.176. The van der Waals surface area contributed by atoms with E-state index in [0.717, 1.165) is 5.75 Å². The Morgan fingerprint density at radius 1 is 0.947 bits per heavy atom. The number of hydrogen-bond donors (Lipinski definition) is 0. The van der Waals surface area contributed by atoms with Crippen LogP contribution in [0.1, 0.15) is 6.92 Å². The van der Waals surface area contributed by atoms with Crippen LogP contribution in [0.3, 0.4) is 0 Å². The monoisotopic (exact) mass is 286 g/mol. The first-order chi connectivity index (χ1) is 9.22. The molecule has 0 bridgehead atoms. The molecular formula is C17H18S2. The smallest absolute Gasteiger partial charge is 0.0449 e. The summed E-state index contributed by atoms with van der Waals surface area (Å²) in [5, 5.41) is 0. The van der Waals surface area contributed by atoms with Crippen LogP contribution in [-0.4, -0.2) is 10.5 Å². The van der Waals surface area contributed by atoms with E-state index in [4.69, 9.17) is 0 Å². The molecule has 2 rings (SSSR count). The van der Waals surface area contributed by atoms with Crippen molar-refractivity contribution in [2.45, 2.75) is 21.5 Å². The van der Waals surface area contributed by atoms with E-state index in [-0.39, 0.29) is 4.75 Å². The van der Waals surface area contributed by atoms with Gasteiger partial charge in [0.1, 0.15) is 0 Å². The summed E-state index contributed by atoms with van der Waals surface area (Å²) in [5.41, 5.74) is 0. The second kappa shape index (κ2) is 6.88. The maximum Gasteiger partial charge on any atom is 0.0449 e. The Hall–Kier alpha value is -1.12. The first-order valence-electron chi connectivity index (χ1n) is 6.27. The van der Waals surface area contributed by atoms with Gasteiger partial charge in [-0.25, -0.2) is 0 Å². The zero-order chi connectivity index (χ0) is 13.6. The lowest BCUT2D eigenvalue weighted by Crippen LogP contribution is -2.19. The highest BCUT2D eigenvalue weighted by atomic mass is 32.2. The molecule has 0 aromatic heterocycles. The van der Waals surface area contributed by atoms with Crippen LogP contribution in [0.25, 0.3) is 0 Å². The van der Waals surface area contributed by atoms with Crippen molar-refractivity contribution in [2.75, 3.05) is 5.75 Å². The molecule has 19 heavy (non-hydrogen) atoms. The van der Waals surface area contributed by atoms with E-state index in [1.54, 1.807) is 0 Å². The quantitative estimate of drug-likeness (QED) is 0.507. The summed E-state index contributed by atoms with van der Waals surface area (Å²) < 4.78 is 0.0435. The minimum Gasteiger partial charge on any atom is -0.124 e. The summed E-state index contributed by atoms with van der Waals surface area (Å²) in [7, 11) is 0. The van der Waals surface area contributed by atoms with Crippen molar-refractivity contribution in [3.05, 3.63) is 73.3 Å². The van der Waals surface area contributed by atoms with Crippen molar-refractivity contribution < 1.29 is 0 Å². The van der Waals surface area contributed by atoms with E-state index in [9.17, 15) is 0 Å². The fourth-order valence-corrected chi connectivity index (χ4v) is 3.88. The molecule has 0 aliphatic heterocycles. The van der Waals surface area contributed by atoms with Gasteiger partial charge in [0.25, 0.3) is 0 Å². The number of thioether (sulfide) groups is 2. The second-order valence-corrected chi connectivity index (χ2v) is 7.19. The third kappa shape index (κ3) is 4.48. The maximum absolute atomic E-state index is 4.01. The first kappa shape index (κ1) is 14.3. The molecule has 0 amide bonds. The van der Waals surface area contributed by atoms with E-state index < -0.39 is 0 Å². The highest BCUT2D eigenvalue weighted by Crippen LogP contribution is 2.37. The van der Waals surface area contributed by atoms with Crippen molar-refractivity contribution in [1.29, 1.82) is 0 Å². The van der Waals surface area contributed by atoms with Crippen LogP contribution in [0.2, 0.25) is 0 Å². The van der Waals surface area contributed by atoms with Gasteiger partial charge in [-0.3, -0.25) is 0 Å². The zero-order valence-electron chi connectivity index (χ0n) is 11.1. The molecule has 0 nitrogen and oxygen atoms in total. The molecule has 2 heteroatoms. The molecule has 2 aromatic carbocycles. The van der Waals surface area contributed by atoms with Crippen molar-refractivity contribution in [3.8, 4) is 0 Å². The predicted molar refractivity (Wildman–Crippen MR) is 88.1 cm³/mol. The molecule has 1 unspecified atom stereocenters. The van der Waals surface area contributed by atoms with Gasteiger partial charge in [0.05, 0.1) is 0 Å². The molecule has 2 aromatic rings. The third-order valence-electron chi connectivity index (χ3n) is 2.79. The van der Waals surface area contributed by atoms with E-state index in [1.807, 2.05) is 29.6 Å². The maximum atomic E-state index is 4.01. The van der Waals surface area contributed by atoms with Gasteiger partial charge in [-0.2, -0.15) is 0 Å². The lowest BCUT2D eigenvalue weighted by molar-refractivity contribution is 0.915. The second-order valence-electron chi connectivity index (χ2n) is 4.53. The highest BCUT2D eigenvalue weighted by molar-refractivity contribution is 8.04. The molecule has 0 radical (unpaired) electrons. The molecule has 1 atom stereocenters. The van der Waals surface area contributed by atoms with Crippen molar-refractivity contribution in [3.63, 3.8) is 0 Å². The summed E-state index contributed by atoms with van der Waals surface area (Å²) in [5.74, 6) is 1.01. The van der Waals surface area contributed by atoms with Gasteiger partial charge < -0.3 is 0 Å². The van der Waals surface area contributed by atoms with Gasteiger partial charge in [0, 0.05) is 20.3 Å². The number of hydrogen-bond acceptors (Lipinski definition) is 2. The molecule has 0 N–H and O–H groups in total. The largest absolute Gasteiger partial charge is 0.124 e. The van der Waals surface area contributed by atoms with Gasteiger partial charge in [-0.1, -0.05) is 42.5 Å². The van der Waals surface area contributed by atoms with E-state index >= 15 is 0 Å². The minimum atomic E-state index is 0.0435. The Morgan fingerprint density at radius 3 is 2.00 bits per heavy atom. The van der Waals surface area contributed by atoms with E-state index in [0.29, 0.717) is 0 Å². The molecular weight excluding hydrogens is 268 g/mol. The molecule has 0 fully saturated rings. The first-order valence-corrected chi connectivity index (χ1v) is 8.07. The third-order valence-corrected chi connectivity index (χ3v) is 5.61. The van der Waals surface area contributed by atoms with Crippen LogP contribution in [0.15, 0.2) is 83.1 Å². The molecule has 0 spiro atoms. The molecule has 0 saturated heterocycles. The topological polar surface area (TPSA) is 0 Å². The Balaban J connectivity index is 2.00. The Morgan fingerprint density at radius 2 is 1.47 bits per heavy atom. The summed E-state index contributed by atoms with van der Waals surface area (Å²) in [4.78, 5) is 2.60.